The van der Waals surface area contributed by atoms with E-state index in [1.807, 2.05) is 70.6 Å². The van der Waals surface area contributed by atoms with Crippen LogP contribution in [0.4, 0.5) is 31.4 Å². The Bertz CT molecular complexity index is 4960. The second-order valence-electron chi connectivity index (χ2n) is 32.1. The molecule has 26 nitrogen and oxygen atoms in total. The van der Waals surface area contributed by atoms with Crippen molar-refractivity contribution in [3.8, 4) is 5.75 Å². The third kappa shape index (κ3) is 15.6. The number of hydrogen-bond acceptors (Lipinski definition) is 16. The summed E-state index contributed by atoms with van der Waals surface area (Å²) in [6.07, 6.45) is 20.7. The first kappa shape index (κ1) is 76.4. The van der Waals surface area contributed by atoms with Crippen molar-refractivity contribution in [3.05, 3.63) is 153 Å². The largest absolute Gasteiger partial charge is 0.497 e. The number of fused-ring (bicyclic) bond motifs is 9. The van der Waals surface area contributed by atoms with E-state index in [1.54, 1.807) is 47.2 Å². The molecule has 5 atom stereocenters. The van der Waals surface area contributed by atoms with Gasteiger partial charge in [-0.25, -0.2) is 29.3 Å². The number of likely N-dealkylation sites (tertiary alicyclic amines) is 1. The number of aromatic nitrogens is 9. The van der Waals surface area contributed by atoms with Crippen molar-refractivity contribution < 1.29 is 47.7 Å². The smallest absolute Gasteiger partial charge is 0.414 e. The summed E-state index contributed by atoms with van der Waals surface area (Å²) >= 11 is 0. The van der Waals surface area contributed by atoms with Crippen LogP contribution < -0.4 is 35.6 Å². The molecule has 2 aliphatic carbocycles. The fourth-order valence-corrected chi connectivity index (χ4v) is 18.1. The number of H-pyrrole nitrogens is 1. The number of methoxy groups -OCH3 is 4. The zero-order chi connectivity index (χ0) is 77.3. The number of ether oxygens (including phenoxy) is 4. The van der Waals surface area contributed by atoms with Crippen LogP contribution in [0, 0.1) is 16.7 Å². The van der Waals surface area contributed by atoms with Gasteiger partial charge in [-0.05, 0) is 200 Å². The average Bonchev–Trinajstić information content (AvgIpc) is 1.58. The van der Waals surface area contributed by atoms with Gasteiger partial charge in [0, 0.05) is 129 Å². The summed E-state index contributed by atoms with van der Waals surface area (Å²) in [7, 11) is 5.95. The van der Waals surface area contributed by atoms with Gasteiger partial charge < -0.3 is 53.2 Å². The van der Waals surface area contributed by atoms with Crippen LogP contribution in [-0.4, -0.2) is 150 Å². The highest BCUT2D eigenvalue weighted by atomic mass is 16.6. The molecule has 2 saturated carbocycles. The summed E-state index contributed by atoms with van der Waals surface area (Å²) in [5, 5.41) is 10.7. The lowest BCUT2D eigenvalue weighted by Gasteiger charge is -2.47. The van der Waals surface area contributed by atoms with E-state index in [4.69, 9.17) is 33.9 Å². The molecule has 26 heteroatoms. The number of rotatable bonds is 15. The molecule has 4 aromatic carbocycles. The molecule has 10 heterocycles. The number of nitrogens with zero attached hydrogens (tertiary/aromatic N) is 12. The predicted molar refractivity (Wildman–Crippen MR) is 421 cm³/mol. The van der Waals surface area contributed by atoms with E-state index in [0.29, 0.717) is 37.4 Å². The Hall–Kier alpha value is -10.4. The summed E-state index contributed by atoms with van der Waals surface area (Å²) < 4.78 is 29.2. The molecule has 0 bridgehead atoms. The van der Waals surface area contributed by atoms with E-state index >= 15 is 0 Å². The van der Waals surface area contributed by atoms with Crippen molar-refractivity contribution in [2.75, 3.05) is 62.8 Å². The molecule has 5 aliphatic heterocycles. The molecule has 3 N–H and O–H groups in total. The minimum atomic E-state index is -0.398. The monoisotopic (exact) mass is 1500 g/mol. The number of pyridine rings is 1. The number of nitrogens with one attached hydrogen (secondary N) is 3. The number of piperidine rings is 1. The number of anilines is 3. The summed E-state index contributed by atoms with van der Waals surface area (Å²) in [4.78, 5) is 113. The van der Waals surface area contributed by atoms with Gasteiger partial charge in [0.1, 0.15) is 35.6 Å². The second-order valence-corrected chi connectivity index (χ2v) is 32.1. The van der Waals surface area contributed by atoms with Gasteiger partial charge in [-0.3, -0.25) is 38.6 Å². The first-order valence-corrected chi connectivity index (χ1v) is 39.3. The lowest BCUT2D eigenvalue weighted by Crippen LogP contribution is -2.54. The lowest BCUT2D eigenvalue weighted by atomic mass is 9.68. The summed E-state index contributed by atoms with van der Waals surface area (Å²) in [6.45, 7) is 16.6. The highest BCUT2D eigenvalue weighted by molar-refractivity contribution is 5.98. The summed E-state index contributed by atoms with van der Waals surface area (Å²) in [5.41, 5.74) is 13.9. The Morgan fingerprint density at radius 2 is 1.19 bits per heavy atom. The van der Waals surface area contributed by atoms with E-state index in [-0.39, 0.29) is 83.9 Å². The molecule has 4 fully saturated rings. The molecule has 9 aromatic rings. The van der Waals surface area contributed by atoms with Crippen LogP contribution in [0.25, 0.3) is 33.1 Å². The fourth-order valence-electron chi connectivity index (χ4n) is 18.1. The third-order valence-corrected chi connectivity index (χ3v) is 24.4. The lowest BCUT2D eigenvalue weighted by molar-refractivity contribution is -0.138. The van der Waals surface area contributed by atoms with Crippen LogP contribution in [-0.2, 0) is 86.9 Å². The Morgan fingerprint density at radius 1 is 0.627 bits per heavy atom. The predicted octanol–water partition coefficient (Wildman–Crippen LogP) is 13.0. The zero-order valence-electron chi connectivity index (χ0n) is 65.2. The van der Waals surface area contributed by atoms with E-state index in [0.717, 1.165) is 181 Å². The highest BCUT2D eigenvalue weighted by Gasteiger charge is 2.43. The Labute approximate surface area is 641 Å². The van der Waals surface area contributed by atoms with Crippen LogP contribution in [0.5, 0.6) is 5.75 Å². The molecular formula is C84H105N15O11. The molecule has 582 valence electrons. The number of Topliss-reactive ketones (excluding diaryl/α,β-unsaturated/α-hetero) is 1. The van der Waals surface area contributed by atoms with Gasteiger partial charge in [0.05, 0.1) is 85.1 Å². The van der Waals surface area contributed by atoms with Gasteiger partial charge in [-0.1, -0.05) is 32.4 Å². The van der Waals surface area contributed by atoms with E-state index in [1.165, 1.54) is 69.7 Å². The van der Waals surface area contributed by atoms with Crippen LogP contribution in [0.2, 0.25) is 0 Å². The van der Waals surface area contributed by atoms with Crippen molar-refractivity contribution in [3.63, 3.8) is 0 Å². The normalized spacial score (nSPS) is 20.7. The van der Waals surface area contributed by atoms with Gasteiger partial charge >= 0.3 is 18.3 Å². The quantitative estimate of drug-likeness (QED) is 0.0804. The molecule has 7 aliphatic rings. The summed E-state index contributed by atoms with van der Waals surface area (Å²) in [5.74, 6) is 3.92. The van der Waals surface area contributed by atoms with E-state index in [2.05, 4.69) is 81.0 Å². The van der Waals surface area contributed by atoms with Crippen molar-refractivity contribution in [2.24, 2.45) is 16.7 Å². The third-order valence-electron chi connectivity index (χ3n) is 24.4. The van der Waals surface area contributed by atoms with Gasteiger partial charge in [0.2, 0.25) is 17.4 Å². The van der Waals surface area contributed by atoms with E-state index in [9.17, 15) is 33.6 Å². The highest BCUT2D eigenvalue weighted by Crippen LogP contribution is 2.47. The fraction of sp³-hybridized carbons (Fsp3) is 0.512. The van der Waals surface area contributed by atoms with Gasteiger partial charge in [0.25, 0.3) is 0 Å². The Kier molecular flexibility index (Phi) is 22.4. The molecule has 110 heavy (non-hydrogen) atoms. The number of hydrogen-bond donors (Lipinski definition) is 3. The average molecular weight is 1500 g/mol. The van der Waals surface area contributed by atoms with Crippen LogP contribution >= 0.6 is 0 Å². The first-order chi connectivity index (χ1) is 53.0. The molecule has 5 aromatic heterocycles. The standard InChI is InChI=1S/C29H40N4O4.C29H36N4O3.C26H29N7O4/c1-18-9-10-22-23(32(18)28(36)37-5)11-12-24-27(22)30-25(17-31-14-13-29(3,4)16-26(31)35)33(24)21-8-6-7-20(15-21)19(2)34;1-19-4-9-23-24(32(19)28(34)36-3)10-11-25-27(23)31-26(16-20-5-7-22(35-2)8-6-20)33(25)21-12-14-29(15-13-21)17-30-18-29;1-17-4-5-19-20(33(17)26(36)37-2)6-7-21-25(19)30-22(9-13-31-12-3-10-29-31)32(21)16-24(35)28-15-18-8-11-27-23(34)14-18/h11-12,18,20-21H,6-10,13-17H2,1-5H3;5-8,10-11,19,21,30H,4,9,12-18H2,1-3H3;3,6-8,10-12,14,17H,4-5,9,13,15-16H2,1-2H3,(H,27,34)(H,28,35)/t18-,20+,21+;19-;17-/m000/s1. The van der Waals surface area contributed by atoms with Crippen LogP contribution in [0.3, 0.4) is 0 Å². The van der Waals surface area contributed by atoms with Gasteiger partial charge in [-0.15, -0.1) is 0 Å². The molecule has 5 amide bonds. The molecule has 1 spiro atoms. The number of aromatic amines is 1. The molecule has 0 radical (unpaired) electrons. The minimum Gasteiger partial charge on any atom is -0.497 e. The maximum atomic E-state index is 13.1. The van der Waals surface area contributed by atoms with Crippen LogP contribution in [0.15, 0.2) is 102 Å². The SMILES string of the molecule is COC(=O)N1c2ccc3c(nc(CCn4cccn4)n3CC(=O)NCc3cc[nH]c(=O)c3)c2CC[C@@H]1C.COC(=O)N1c2ccc3c(nc(CN4CCC(C)(C)CC4=O)n3[C@@H]3CCC[C@@H](C(C)=O)C3)c2CC[C@@H]1C.COC(=O)N1c2ccc3c(nc(Cc4ccc(OC)cc4)n3C3CCC4(CC3)CNC4)c2CC[C@@H]1C. The molecule has 16 rings (SSSR count). The summed E-state index contributed by atoms with van der Waals surface area (Å²) in [6, 6.07) is 26.4. The topological polar surface area (TPSA) is 280 Å². The minimum absolute atomic E-state index is 0.00905. The van der Waals surface area contributed by atoms with Crippen molar-refractivity contribution in [1.29, 1.82) is 0 Å². The van der Waals surface area contributed by atoms with Crippen LogP contribution in [0.1, 0.15) is 182 Å². The van der Waals surface area contributed by atoms with Gasteiger partial charge in [0.15, 0.2) is 0 Å². The number of carbonyl (C=O) groups is 6. The van der Waals surface area contributed by atoms with Crippen molar-refractivity contribution in [1.82, 2.24) is 59.0 Å². The molecular weight excluding hydrogens is 1400 g/mol. The number of benzene rings is 4. The first-order valence-electron chi connectivity index (χ1n) is 39.3. The van der Waals surface area contributed by atoms with Crippen molar-refractivity contribution in [2.45, 2.75) is 214 Å². The maximum absolute atomic E-state index is 13.1. The molecule has 0 unspecified atom stereocenters. The Morgan fingerprint density at radius 3 is 1.72 bits per heavy atom. The number of aryl methyl sites for hydroxylation is 5. The number of ketones is 1. The second kappa shape index (κ2) is 32.3. The van der Waals surface area contributed by atoms with Crippen molar-refractivity contribution >= 4 is 86.0 Å². The van der Waals surface area contributed by atoms with Gasteiger partial charge in [-0.2, -0.15) is 5.10 Å². The number of imidazole rings is 3. The maximum Gasteiger partial charge on any atom is 0.414 e. The number of carbonyl (C=O) groups excluding carboxylic acids is 6. The Balaban J connectivity index is 0.000000138. The van der Waals surface area contributed by atoms with E-state index < -0.39 is 6.09 Å². The zero-order valence-corrected chi connectivity index (χ0v) is 65.2. The molecule has 2 saturated heterocycles. The number of amides is 5.